The molecule has 27 heavy (non-hydrogen) atoms. The van der Waals surface area contributed by atoms with Crippen molar-refractivity contribution in [3.8, 4) is 5.75 Å². The van der Waals surface area contributed by atoms with Crippen LogP contribution in [0.4, 0.5) is 11.6 Å². The lowest BCUT2D eigenvalue weighted by Crippen LogP contribution is -2.48. The summed E-state index contributed by atoms with van der Waals surface area (Å²) in [5, 5.41) is 3.68. The minimum atomic E-state index is -0.146. The van der Waals surface area contributed by atoms with Gasteiger partial charge in [-0.15, -0.1) is 0 Å². The molecule has 3 rings (SSSR count). The van der Waals surface area contributed by atoms with Crippen molar-refractivity contribution < 1.29 is 14.3 Å². The number of hydrogen-bond acceptors (Lipinski definition) is 6. The van der Waals surface area contributed by atoms with Crippen LogP contribution in [0.25, 0.3) is 0 Å². The molecule has 142 valence electrons. The number of nitrogens with zero attached hydrogens (tertiary/aromatic N) is 4. The molecule has 0 aliphatic carbocycles. The minimum Gasteiger partial charge on any atom is -0.495 e. The number of halogens is 1. The highest BCUT2D eigenvalue weighted by atomic mass is 35.5. The summed E-state index contributed by atoms with van der Waals surface area (Å²) in [5.74, 6) is 0.770. The van der Waals surface area contributed by atoms with Crippen LogP contribution in [0.5, 0.6) is 5.75 Å². The molecule has 8 nitrogen and oxygen atoms in total. The summed E-state index contributed by atoms with van der Waals surface area (Å²) in [4.78, 5) is 35.1. The number of ether oxygens (including phenoxy) is 1. The van der Waals surface area contributed by atoms with Gasteiger partial charge in [0, 0.05) is 49.7 Å². The minimum absolute atomic E-state index is 0.146. The number of rotatable bonds is 5. The summed E-state index contributed by atoms with van der Waals surface area (Å²) < 4.78 is 5.32. The lowest BCUT2D eigenvalue weighted by Gasteiger charge is -2.32. The number of carbonyl (C=O) groups is 2. The molecule has 2 amide bonds. The standard InChI is InChI=1S/C18H20ClN5O3/c1-12-7-15(16(27-2)8-14(12)19)22-18-20-9-13(10-21-18)17(26)24-5-3-23(11-25)4-6-24/h7-11H,3-6H2,1-2H3,(H,20,21,22). The fourth-order valence-electron chi connectivity index (χ4n) is 2.77. The average molecular weight is 390 g/mol. The summed E-state index contributed by atoms with van der Waals surface area (Å²) in [6.07, 6.45) is 3.77. The van der Waals surface area contributed by atoms with Crippen LogP contribution in [-0.2, 0) is 4.79 Å². The predicted octanol–water partition coefficient (Wildman–Crippen LogP) is 2.10. The van der Waals surface area contributed by atoms with Crippen LogP contribution >= 0.6 is 11.6 Å². The zero-order chi connectivity index (χ0) is 19.4. The zero-order valence-corrected chi connectivity index (χ0v) is 15.9. The highest BCUT2D eigenvalue weighted by Gasteiger charge is 2.22. The Bertz CT molecular complexity index is 836. The second-order valence-corrected chi connectivity index (χ2v) is 6.56. The molecule has 0 radical (unpaired) electrons. The van der Waals surface area contributed by atoms with Gasteiger partial charge in [0.05, 0.1) is 18.4 Å². The van der Waals surface area contributed by atoms with E-state index < -0.39 is 0 Å². The van der Waals surface area contributed by atoms with Gasteiger partial charge in [0.15, 0.2) is 0 Å². The van der Waals surface area contributed by atoms with E-state index in [-0.39, 0.29) is 5.91 Å². The number of nitrogens with one attached hydrogen (secondary N) is 1. The molecular weight excluding hydrogens is 370 g/mol. The molecule has 1 aromatic heterocycles. The van der Waals surface area contributed by atoms with Gasteiger partial charge in [0.2, 0.25) is 12.4 Å². The highest BCUT2D eigenvalue weighted by Crippen LogP contribution is 2.32. The number of methoxy groups -OCH3 is 1. The number of aryl methyl sites for hydroxylation is 1. The van der Waals surface area contributed by atoms with Crippen LogP contribution in [0.1, 0.15) is 15.9 Å². The molecule has 1 aromatic carbocycles. The first-order valence-electron chi connectivity index (χ1n) is 8.43. The summed E-state index contributed by atoms with van der Waals surface area (Å²) in [5.41, 5.74) is 1.98. The smallest absolute Gasteiger partial charge is 0.257 e. The fraction of sp³-hybridized carbons (Fsp3) is 0.333. The monoisotopic (exact) mass is 389 g/mol. The molecule has 1 saturated heterocycles. The van der Waals surface area contributed by atoms with E-state index >= 15 is 0 Å². The SMILES string of the molecule is COc1cc(Cl)c(C)cc1Nc1ncc(C(=O)N2CCN(C=O)CC2)cn1. The molecular formula is C18H20ClN5O3. The number of piperazine rings is 1. The van der Waals surface area contributed by atoms with Crippen molar-refractivity contribution in [1.82, 2.24) is 19.8 Å². The van der Waals surface area contributed by atoms with E-state index in [0.29, 0.717) is 54.2 Å². The Morgan fingerprint density at radius 2 is 1.89 bits per heavy atom. The van der Waals surface area contributed by atoms with E-state index in [4.69, 9.17) is 16.3 Å². The van der Waals surface area contributed by atoms with Gasteiger partial charge in [0.25, 0.3) is 5.91 Å². The Labute approximate surface area is 162 Å². The van der Waals surface area contributed by atoms with Crippen molar-refractivity contribution >= 4 is 35.6 Å². The van der Waals surface area contributed by atoms with E-state index in [1.165, 1.54) is 12.4 Å². The van der Waals surface area contributed by atoms with Crippen molar-refractivity contribution in [1.29, 1.82) is 0 Å². The summed E-state index contributed by atoms with van der Waals surface area (Å²) in [7, 11) is 1.55. The summed E-state index contributed by atoms with van der Waals surface area (Å²) in [6, 6.07) is 3.56. The van der Waals surface area contributed by atoms with Gasteiger partial charge in [0.1, 0.15) is 5.75 Å². The van der Waals surface area contributed by atoms with Crippen molar-refractivity contribution in [2.24, 2.45) is 0 Å². The third-order valence-electron chi connectivity index (χ3n) is 4.38. The van der Waals surface area contributed by atoms with Crippen LogP contribution in [0, 0.1) is 6.92 Å². The average Bonchev–Trinajstić information content (AvgIpc) is 2.70. The number of aromatic nitrogens is 2. The first-order chi connectivity index (χ1) is 13.0. The van der Waals surface area contributed by atoms with Gasteiger partial charge in [-0.25, -0.2) is 9.97 Å². The van der Waals surface area contributed by atoms with Crippen molar-refractivity contribution in [3.63, 3.8) is 0 Å². The normalized spacial score (nSPS) is 14.0. The fourth-order valence-corrected chi connectivity index (χ4v) is 2.92. The van der Waals surface area contributed by atoms with Crippen LogP contribution in [-0.4, -0.2) is 65.4 Å². The number of amides is 2. The third-order valence-corrected chi connectivity index (χ3v) is 4.78. The molecule has 1 aliphatic rings. The van der Waals surface area contributed by atoms with Crippen molar-refractivity contribution in [2.45, 2.75) is 6.92 Å². The Balaban J connectivity index is 1.70. The molecule has 1 N–H and O–H groups in total. The van der Waals surface area contributed by atoms with Crippen LogP contribution in [0.15, 0.2) is 24.5 Å². The van der Waals surface area contributed by atoms with Gasteiger partial charge < -0.3 is 19.9 Å². The maximum Gasteiger partial charge on any atom is 0.257 e. The van der Waals surface area contributed by atoms with E-state index in [1.807, 2.05) is 13.0 Å². The number of hydrogen-bond donors (Lipinski definition) is 1. The maximum atomic E-state index is 12.5. The van der Waals surface area contributed by atoms with Crippen LogP contribution < -0.4 is 10.1 Å². The highest BCUT2D eigenvalue weighted by molar-refractivity contribution is 6.31. The van der Waals surface area contributed by atoms with E-state index in [0.717, 1.165) is 12.0 Å². The molecule has 1 aliphatic heterocycles. The van der Waals surface area contributed by atoms with Crippen molar-refractivity contribution in [3.05, 3.63) is 40.7 Å². The lowest BCUT2D eigenvalue weighted by molar-refractivity contribution is -0.119. The third kappa shape index (κ3) is 4.28. The number of benzene rings is 1. The maximum absolute atomic E-state index is 12.5. The first kappa shape index (κ1) is 18.9. The molecule has 2 heterocycles. The quantitative estimate of drug-likeness (QED) is 0.788. The Kier molecular flexibility index (Phi) is 5.75. The van der Waals surface area contributed by atoms with E-state index in [2.05, 4.69) is 15.3 Å². The van der Waals surface area contributed by atoms with Gasteiger partial charge in [-0.1, -0.05) is 11.6 Å². The predicted molar refractivity (Wildman–Crippen MR) is 102 cm³/mol. The lowest BCUT2D eigenvalue weighted by atomic mass is 10.2. The molecule has 0 unspecified atom stereocenters. The topological polar surface area (TPSA) is 87.7 Å². The first-order valence-corrected chi connectivity index (χ1v) is 8.81. The summed E-state index contributed by atoms with van der Waals surface area (Å²) in [6.45, 7) is 3.95. The van der Waals surface area contributed by atoms with E-state index in [1.54, 1.807) is 23.0 Å². The molecule has 9 heteroatoms. The molecule has 0 spiro atoms. The number of carbonyl (C=O) groups excluding carboxylic acids is 2. The largest absolute Gasteiger partial charge is 0.495 e. The van der Waals surface area contributed by atoms with Gasteiger partial charge in [-0.05, 0) is 18.6 Å². The Morgan fingerprint density at radius 1 is 1.22 bits per heavy atom. The Hall–Kier alpha value is -2.87. The second kappa shape index (κ2) is 8.22. The molecule has 0 atom stereocenters. The molecule has 1 fully saturated rings. The van der Waals surface area contributed by atoms with Crippen LogP contribution in [0.3, 0.4) is 0 Å². The summed E-state index contributed by atoms with van der Waals surface area (Å²) >= 11 is 6.11. The Morgan fingerprint density at radius 3 is 2.48 bits per heavy atom. The van der Waals surface area contributed by atoms with E-state index in [9.17, 15) is 9.59 Å². The second-order valence-electron chi connectivity index (χ2n) is 6.16. The van der Waals surface area contributed by atoms with Gasteiger partial charge >= 0.3 is 0 Å². The molecule has 2 aromatic rings. The zero-order valence-electron chi connectivity index (χ0n) is 15.1. The van der Waals surface area contributed by atoms with Crippen molar-refractivity contribution in [2.75, 3.05) is 38.6 Å². The molecule has 0 saturated carbocycles. The number of anilines is 2. The van der Waals surface area contributed by atoms with Gasteiger partial charge in [-0.2, -0.15) is 0 Å². The molecule has 0 bridgehead atoms. The van der Waals surface area contributed by atoms with Crippen LogP contribution in [0.2, 0.25) is 5.02 Å². The van der Waals surface area contributed by atoms with Gasteiger partial charge in [-0.3, -0.25) is 9.59 Å².